The molecule has 2 rings (SSSR count). The van der Waals surface area contributed by atoms with Crippen molar-refractivity contribution in [1.82, 2.24) is 9.78 Å². The highest BCUT2D eigenvalue weighted by molar-refractivity contribution is 7.10. The summed E-state index contributed by atoms with van der Waals surface area (Å²) in [5, 5.41) is 6.25. The molecule has 0 aliphatic carbocycles. The van der Waals surface area contributed by atoms with Gasteiger partial charge in [0.25, 0.3) is 0 Å². The highest BCUT2D eigenvalue weighted by Gasteiger charge is 2.13. The van der Waals surface area contributed by atoms with E-state index in [1.54, 1.807) is 18.4 Å². The Morgan fingerprint density at radius 3 is 3.06 bits per heavy atom. The van der Waals surface area contributed by atoms with Crippen LogP contribution in [0.3, 0.4) is 0 Å². The fraction of sp³-hybridized carbons (Fsp3) is 0.417. The van der Waals surface area contributed by atoms with Gasteiger partial charge in [-0.25, -0.2) is 0 Å². The van der Waals surface area contributed by atoms with Crippen LogP contribution in [-0.2, 0) is 6.54 Å². The molecule has 2 aromatic heterocycles. The molecular formula is C12H17N3OS. The van der Waals surface area contributed by atoms with Gasteiger partial charge in [0.2, 0.25) is 0 Å². The quantitative estimate of drug-likeness (QED) is 0.888. The normalized spacial score (nSPS) is 12.6. The number of nitrogens with two attached hydrogens (primary N) is 1. The Morgan fingerprint density at radius 1 is 1.59 bits per heavy atom. The Labute approximate surface area is 105 Å². The van der Waals surface area contributed by atoms with Crippen LogP contribution in [0, 0.1) is 0 Å². The smallest absolute Gasteiger partial charge is 0.129 e. The van der Waals surface area contributed by atoms with Crippen molar-refractivity contribution in [3.8, 4) is 5.75 Å². The van der Waals surface area contributed by atoms with Gasteiger partial charge in [-0.3, -0.25) is 4.68 Å². The zero-order chi connectivity index (χ0) is 12.3. The number of thiophene rings is 1. The van der Waals surface area contributed by atoms with Crippen LogP contribution >= 0.6 is 11.3 Å². The topological polar surface area (TPSA) is 53.1 Å². The lowest BCUT2D eigenvalue weighted by Crippen LogP contribution is -2.09. The summed E-state index contributed by atoms with van der Waals surface area (Å²) in [6.07, 6.45) is 4.93. The second kappa shape index (κ2) is 5.33. The summed E-state index contributed by atoms with van der Waals surface area (Å²) in [4.78, 5) is 1.10. The van der Waals surface area contributed by atoms with Crippen LogP contribution in [0.5, 0.6) is 5.75 Å². The lowest BCUT2D eigenvalue weighted by atomic mass is 10.1. The standard InChI is InChI=1S/C12H17N3OS/c1-3-4-15-7-9(6-14-15)12(13)11-5-10(16-2)8-17-11/h5-8,12H,3-4,13H2,1-2H3. The minimum atomic E-state index is -0.116. The van der Waals surface area contributed by atoms with E-state index in [1.807, 2.05) is 28.5 Å². The number of rotatable bonds is 5. The van der Waals surface area contributed by atoms with E-state index in [0.717, 1.165) is 29.2 Å². The lowest BCUT2D eigenvalue weighted by molar-refractivity contribution is 0.416. The molecule has 2 aromatic rings. The van der Waals surface area contributed by atoms with Crippen LogP contribution in [0.4, 0.5) is 0 Å². The molecular weight excluding hydrogens is 234 g/mol. The van der Waals surface area contributed by atoms with Crippen LogP contribution < -0.4 is 10.5 Å². The van der Waals surface area contributed by atoms with Crippen molar-refractivity contribution in [2.24, 2.45) is 5.73 Å². The molecule has 0 aromatic carbocycles. The summed E-state index contributed by atoms with van der Waals surface area (Å²) >= 11 is 1.61. The maximum absolute atomic E-state index is 6.20. The first-order valence-electron chi connectivity index (χ1n) is 5.65. The molecule has 5 heteroatoms. The van der Waals surface area contributed by atoms with Crippen molar-refractivity contribution in [3.05, 3.63) is 34.3 Å². The minimum Gasteiger partial charge on any atom is -0.496 e. The molecule has 92 valence electrons. The Bertz CT molecular complexity index is 478. The molecule has 0 fully saturated rings. The van der Waals surface area contributed by atoms with Crippen molar-refractivity contribution >= 4 is 11.3 Å². The van der Waals surface area contributed by atoms with Gasteiger partial charge in [-0.05, 0) is 12.5 Å². The number of ether oxygens (including phenoxy) is 1. The zero-order valence-corrected chi connectivity index (χ0v) is 10.9. The van der Waals surface area contributed by atoms with E-state index in [9.17, 15) is 0 Å². The Kier molecular flexibility index (Phi) is 3.81. The Hall–Kier alpha value is -1.33. The Morgan fingerprint density at radius 2 is 2.41 bits per heavy atom. The zero-order valence-electron chi connectivity index (χ0n) is 10.1. The van der Waals surface area contributed by atoms with Crippen LogP contribution in [0.25, 0.3) is 0 Å². The number of aryl methyl sites for hydroxylation is 1. The second-order valence-electron chi connectivity index (χ2n) is 3.90. The molecule has 2 N–H and O–H groups in total. The molecule has 0 aliphatic rings. The first-order valence-corrected chi connectivity index (χ1v) is 6.53. The monoisotopic (exact) mass is 251 g/mol. The average molecular weight is 251 g/mol. The van der Waals surface area contributed by atoms with Crippen molar-refractivity contribution < 1.29 is 4.74 Å². The molecule has 1 atom stereocenters. The fourth-order valence-electron chi connectivity index (χ4n) is 1.66. The van der Waals surface area contributed by atoms with Gasteiger partial charge in [-0.2, -0.15) is 5.10 Å². The highest BCUT2D eigenvalue weighted by Crippen LogP contribution is 2.29. The molecule has 0 bridgehead atoms. The summed E-state index contributed by atoms with van der Waals surface area (Å²) in [6.45, 7) is 3.06. The predicted molar refractivity (Wildman–Crippen MR) is 69.4 cm³/mol. The number of hydrogen-bond donors (Lipinski definition) is 1. The van der Waals surface area contributed by atoms with Gasteiger partial charge < -0.3 is 10.5 Å². The van der Waals surface area contributed by atoms with Crippen molar-refractivity contribution in [3.63, 3.8) is 0 Å². The van der Waals surface area contributed by atoms with Crippen LogP contribution in [-0.4, -0.2) is 16.9 Å². The molecule has 0 spiro atoms. The van der Waals surface area contributed by atoms with Gasteiger partial charge in [-0.1, -0.05) is 6.92 Å². The number of nitrogens with zero attached hydrogens (tertiary/aromatic N) is 2. The highest BCUT2D eigenvalue weighted by atomic mass is 32.1. The fourth-order valence-corrected chi connectivity index (χ4v) is 2.54. The summed E-state index contributed by atoms with van der Waals surface area (Å²) in [7, 11) is 1.66. The SMILES string of the molecule is CCCn1cc(C(N)c2cc(OC)cs2)cn1. The number of methoxy groups -OCH3 is 1. The first-order chi connectivity index (χ1) is 8.24. The van der Waals surface area contributed by atoms with Crippen molar-refractivity contribution in [1.29, 1.82) is 0 Å². The van der Waals surface area contributed by atoms with Gasteiger partial charge in [0.05, 0.1) is 19.3 Å². The summed E-state index contributed by atoms with van der Waals surface area (Å²) in [5.74, 6) is 0.862. The molecule has 17 heavy (non-hydrogen) atoms. The average Bonchev–Trinajstić information content (AvgIpc) is 2.97. The van der Waals surface area contributed by atoms with Crippen molar-refractivity contribution in [2.45, 2.75) is 25.9 Å². The van der Waals surface area contributed by atoms with Gasteiger partial charge in [-0.15, -0.1) is 11.3 Å². The first kappa shape index (κ1) is 12.1. The largest absolute Gasteiger partial charge is 0.496 e. The van der Waals surface area contributed by atoms with E-state index in [2.05, 4.69) is 12.0 Å². The van der Waals surface area contributed by atoms with Crippen LogP contribution in [0.1, 0.15) is 29.8 Å². The van der Waals surface area contributed by atoms with E-state index in [1.165, 1.54) is 0 Å². The van der Waals surface area contributed by atoms with Gasteiger partial charge in [0, 0.05) is 28.6 Å². The molecule has 4 nitrogen and oxygen atoms in total. The predicted octanol–water partition coefficient (Wildman–Crippen LogP) is 2.41. The van der Waals surface area contributed by atoms with Crippen LogP contribution in [0.2, 0.25) is 0 Å². The van der Waals surface area contributed by atoms with Gasteiger partial charge in [0.1, 0.15) is 5.75 Å². The third kappa shape index (κ3) is 2.68. The lowest BCUT2D eigenvalue weighted by Gasteiger charge is -2.05. The minimum absolute atomic E-state index is 0.116. The van der Waals surface area contributed by atoms with E-state index in [-0.39, 0.29) is 6.04 Å². The molecule has 0 radical (unpaired) electrons. The number of aromatic nitrogens is 2. The molecule has 1 unspecified atom stereocenters. The van der Waals surface area contributed by atoms with E-state index in [0.29, 0.717) is 0 Å². The van der Waals surface area contributed by atoms with E-state index >= 15 is 0 Å². The molecule has 2 heterocycles. The van der Waals surface area contributed by atoms with Gasteiger partial charge in [0.15, 0.2) is 0 Å². The van der Waals surface area contributed by atoms with E-state index < -0.39 is 0 Å². The molecule has 0 saturated carbocycles. The maximum Gasteiger partial charge on any atom is 0.129 e. The number of hydrogen-bond acceptors (Lipinski definition) is 4. The molecule has 0 amide bonds. The summed E-state index contributed by atoms with van der Waals surface area (Å²) in [6, 6.07) is 1.86. The molecule has 0 saturated heterocycles. The van der Waals surface area contributed by atoms with Crippen LogP contribution in [0.15, 0.2) is 23.8 Å². The van der Waals surface area contributed by atoms with E-state index in [4.69, 9.17) is 10.5 Å². The van der Waals surface area contributed by atoms with Crippen molar-refractivity contribution in [2.75, 3.05) is 7.11 Å². The second-order valence-corrected chi connectivity index (χ2v) is 4.85. The third-order valence-electron chi connectivity index (χ3n) is 2.60. The summed E-state index contributed by atoms with van der Waals surface area (Å²) in [5.41, 5.74) is 7.24. The van der Waals surface area contributed by atoms with Gasteiger partial charge >= 0.3 is 0 Å². The summed E-state index contributed by atoms with van der Waals surface area (Å²) < 4.78 is 7.09. The third-order valence-corrected chi connectivity index (χ3v) is 3.60. The Balaban J connectivity index is 2.14. The maximum atomic E-state index is 6.20. The molecule has 0 aliphatic heterocycles.